The van der Waals surface area contributed by atoms with Crippen molar-refractivity contribution < 1.29 is 8.42 Å². The highest BCUT2D eigenvalue weighted by Gasteiger charge is 2.35. The minimum Gasteiger partial charge on any atom is -0.315 e. The molecule has 9 heteroatoms. The van der Waals surface area contributed by atoms with Gasteiger partial charge >= 0.3 is 0 Å². The molecule has 1 atom stereocenters. The van der Waals surface area contributed by atoms with E-state index >= 15 is 0 Å². The molecule has 0 spiro atoms. The topological polar surface area (TPSA) is 88.1 Å². The zero-order chi connectivity index (χ0) is 15.7. The van der Waals surface area contributed by atoms with Gasteiger partial charge in [0, 0.05) is 30.0 Å². The van der Waals surface area contributed by atoms with E-state index in [0.29, 0.717) is 18.1 Å². The summed E-state index contributed by atoms with van der Waals surface area (Å²) < 4.78 is 25.4. The molecule has 118 valence electrons. The predicted molar refractivity (Wildman–Crippen MR) is 85.7 cm³/mol. The van der Waals surface area contributed by atoms with E-state index in [1.807, 2.05) is 6.92 Å². The first-order valence-electron chi connectivity index (χ1n) is 6.92. The van der Waals surface area contributed by atoms with E-state index in [-0.39, 0.29) is 6.04 Å². The van der Waals surface area contributed by atoms with Gasteiger partial charge in [-0.3, -0.25) is 4.98 Å². The number of rotatable bonds is 4. The van der Waals surface area contributed by atoms with Crippen LogP contribution in [0.5, 0.6) is 0 Å². The Morgan fingerprint density at radius 1 is 1.32 bits per heavy atom. The highest BCUT2D eigenvalue weighted by molar-refractivity contribution is 7.88. The summed E-state index contributed by atoms with van der Waals surface area (Å²) in [7, 11) is -3.26. The third-order valence-corrected chi connectivity index (χ3v) is 5.64. The van der Waals surface area contributed by atoms with Crippen molar-refractivity contribution in [2.75, 3.05) is 18.1 Å². The predicted octanol–water partition coefficient (Wildman–Crippen LogP) is 2.08. The number of nitrogens with one attached hydrogen (secondary N) is 1. The van der Waals surface area contributed by atoms with Crippen molar-refractivity contribution in [3.8, 4) is 0 Å². The monoisotopic (exact) mass is 339 g/mol. The molecular formula is C13H17N5O2S2. The first kappa shape index (κ1) is 15.3. The molecule has 0 bridgehead atoms. The normalized spacial score (nSPS) is 19.5. The third kappa shape index (κ3) is 3.11. The summed E-state index contributed by atoms with van der Waals surface area (Å²) in [6.45, 7) is 2.50. The van der Waals surface area contributed by atoms with E-state index in [9.17, 15) is 8.42 Å². The smallest absolute Gasteiger partial charge is 0.211 e. The van der Waals surface area contributed by atoms with Crippen LogP contribution in [-0.4, -0.2) is 40.5 Å². The Balaban J connectivity index is 1.94. The molecule has 1 saturated heterocycles. The van der Waals surface area contributed by atoms with Gasteiger partial charge in [-0.1, -0.05) is 0 Å². The van der Waals surface area contributed by atoms with Gasteiger partial charge in [-0.25, -0.2) is 18.4 Å². The molecule has 0 unspecified atom stereocenters. The minimum atomic E-state index is -3.26. The molecule has 1 N–H and O–H groups in total. The third-order valence-electron chi connectivity index (χ3n) is 3.52. The molecular weight excluding hydrogens is 322 g/mol. The van der Waals surface area contributed by atoms with E-state index in [1.54, 1.807) is 18.6 Å². The van der Waals surface area contributed by atoms with Crippen molar-refractivity contribution >= 4 is 32.3 Å². The highest BCUT2D eigenvalue weighted by Crippen LogP contribution is 2.36. The van der Waals surface area contributed by atoms with E-state index < -0.39 is 10.0 Å². The summed E-state index contributed by atoms with van der Waals surface area (Å²) in [6, 6.07) is -0.271. The van der Waals surface area contributed by atoms with Gasteiger partial charge in [0.05, 0.1) is 12.3 Å². The number of sulfonamides is 1. The van der Waals surface area contributed by atoms with E-state index in [1.165, 1.54) is 21.9 Å². The number of aromatic nitrogens is 3. The second-order valence-corrected chi connectivity index (χ2v) is 8.39. The molecule has 1 aliphatic rings. The van der Waals surface area contributed by atoms with Crippen molar-refractivity contribution in [3.05, 3.63) is 29.2 Å². The van der Waals surface area contributed by atoms with Crippen LogP contribution in [0, 0.1) is 6.92 Å². The first-order chi connectivity index (χ1) is 10.4. The second-order valence-electron chi connectivity index (χ2n) is 5.22. The lowest BCUT2D eigenvalue weighted by molar-refractivity contribution is 0.394. The first-order valence-corrected chi connectivity index (χ1v) is 9.59. The number of nitrogens with zero attached hydrogens (tertiary/aromatic N) is 4. The van der Waals surface area contributed by atoms with Crippen LogP contribution in [0.25, 0.3) is 0 Å². The van der Waals surface area contributed by atoms with Crippen molar-refractivity contribution in [2.24, 2.45) is 0 Å². The van der Waals surface area contributed by atoms with Crippen LogP contribution in [0.2, 0.25) is 0 Å². The van der Waals surface area contributed by atoms with Gasteiger partial charge in [-0.15, -0.1) is 11.3 Å². The summed E-state index contributed by atoms with van der Waals surface area (Å²) >= 11 is 1.52. The number of thiazole rings is 1. The molecule has 0 aromatic carbocycles. The molecule has 0 aliphatic carbocycles. The molecule has 22 heavy (non-hydrogen) atoms. The van der Waals surface area contributed by atoms with Gasteiger partial charge in [0.2, 0.25) is 10.0 Å². The lowest BCUT2D eigenvalue weighted by Crippen LogP contribution is -2.30. The van der Waals surface area contributed by atoms with Gasteiger partial charge in [-0.2, -0.15) is 4.31 Å². The van der Waals surface area contributed by atoms with Gasteiger partial charge in [-0.05, 0) is 19.8 Å². The maximum absolute atomic E-state index is 11.9. The van der Waals surface area contributed by atoms with E-state index in [2.05, 4.69) is 20.3 Å². The summed E-state index contributed by atoms with van der Waals surface area (Å²) in [5.41, 5.74) is 0.651. The average Bonchev–Trinajstić information content (AvgIpc) is 3.08. The number of hydrogen-bond donors (Lipinski definition) is 1. The van der Waals surface area contributed by atoms with Gasteiger partial charge in [0.15, 0.2) is 10.9 Å². The number of hydrogen-bond acceptors (Lipinski definition) is 7. The van der Waals surface area contributed by atoms with Crippen LogP contribution >= 0.6 is 11.3 Å². The SMILES string of the molecule is Cc1cnc(Nc2nccnc2[C@@H]2CCCN2S(C)(=O)=O)s1. The van der Waals surface area contributed by atoms with Crippen molar-refractivity contribution in [3.63, 3.8) is 0 Å². The quantitative estimate of drug-likeness (QED) is 0.917. The van der Waals surface area contributed by atoms with Gasteiger partial charge in [0.1, 0.15) is 5.69 Å². The molecule has 0 amide bonds. The van der Waals surface area contributed by atoms with Crippen molar-refractivity contribution in [2.45, 2.75) is 25.8 Å². The zero-order valence-electron chi connectivity index (χ0n) is 12.4. The zero-order valence-corrected chi connectivity index (χ0v) is 14.0. The summed E-state index contributed by atoms with van der Waals surface area (Å²) in [5, 5.41) is 3.88. The second kappa shape index (κ2) is 5.90. The minimum absolute atomic E-state index is 0.271. The Bertz CT molecular complexity index is 774. The van der Waals surface area contributed by atoms with E-state index in [4.69, 9.17) is 0 Å². The Kier molecular flexibility index (Phi) is 4.11. The van der Waals surface area contributed by atoms with Crippen LogP contribution < -0.4 is 5.32 Å². The summed E-state index contributed by atoms with van der Waals surface area (Å²) in [4.78, 5) is 14.0. The Labute approximate surface area is 133 Å². The standard InChI is InChI=1S/C13H17N5O2S2/c1-9-8-16-13(21-9)17-12-11(14-5-6-15-12)10-4-3-7-18(10)22(2,19)20/h5-6,8,10H,3-4,7H2,1-2H3,(H,15,16,17)/t10-/m0/s1. The fourth-order valence-electron chi connectivity index (χ4n) is 2.61. The molecule has 0 radical (unpaired) electrons. The molecule has 3 rings (SSSR count). The largest absolute Gasteiger partial charge is 0.315 e. The molecule has 3 heterocycles. The van der Waals surface area contributed by atoms with E-state index in [0.717, 1.165) is 22.9 Å². The molecule has 2 aromatic rings. The van der Waals surface area contributed by atoms with Gasteiger partial charge < -0.3 is 5.32 Å². The van der Waals surface area contributed by atoms with Crippen LogP contribution in [0.4, 0.5) is 10.9 Å². The lowest BCUT2D eigenvalue weighted by Gasteiger charge is -2.22. The van der Waals surface area contributed by atoms with Crippen LogP contribution in [0.1, 0.15) is 29.5 Å². The maximum atomic E-state index is 11.9. The molecule has 1 aliphatic heterocycles. The average molecular weight is 339 g/mol. The fraction of sp³-hybridized carbons (Fsp3) is 0.462. The molecule has 7 nitrogen and oxygen atoms in total. The van der Waals surface area contributed by atoms with Crippen molar-refractivity contribution in [1.82, 2.24) is 19.3 Å². The summed E-state index contributed by atoms with van der Waals surface area (Å²) in [5.74, 6) is 0.567. The Hall–Kier alpha value is -1.58. The Morgan fingerprint density at radius 2 is 2.09 bits per heavy atom. The maximum Gasteiger partial charge on any atom is 0.211 e. The molecule has 1 fully saturated rings. The fourth-order valence-corrected chi connectivity index (χ4v) is 4.40. The van der Waals surface area contributed by atoms with Crippen LogP contribution in [-0.2, 0) is 10.0 Å². The van der Waals surface area contributed by atoms with Gasteiger partial charge in [0.25, 0.3) is 0 Å². The van der Waals surface area contributed by atoms with Crippen molar-refractivity contribution in [1.29, 1.82) is 0 Å². The molecule has 0 saturated carbocycles. The van der Waals surface area contributed by atoms with Crippen LogP contribution in [0.15, 0.2) is 18.6 Å². The van der Waals surface area contributed by atoms with Crippen LogP contribution in [0.3, 0.4) is 0 Å². The summed E-state index contributed by atoms with van der Waals surface area (Å²) in [6.07, 6.45) is 7.76. The number of aryl methyl sites for hydroxylation is 1. The molecule has 2 aromatic heterocycles. The lowest BCUT2D eigenvalue weighted by atomic mass is 10.1. The Morgan fingerprint density at radius 3 is 2.77 bits per heavy atom. The highest BCUT2D eigenvalue weighted by atomic mass is 32.2. The number of anilines is 2.